The zero-order valence-corrected chi connectivity index (χ0v) is 12.5. The van der Waals surface area contributed by atoms with Crippen molar-refractivity contribution in [3.63, 3.8) is 0 Å². The average Bonchev–Trinajstić information content (AvgIpc) is 2.24. The van der Waals surface area contributed by atoms with Crippen LogP contribution in [0.25, 0.3) is 0 Å². The summed E-state index contributed by atoms with van der Waals surface area (Å²) in [7, 11) is 0. The Balaban J connectivity index is 3.10. The fourth-order valence-electron chi connectivity index (χ4n) is 1.81. The summed E-state index contributed by atoms with van der Waals surface area (Å²) in [5, 5.41) is 9.00. The zero-order valence-electron chi connectivity index (χ0n) is 10.9. The third-order valence-electron chi connectivity index (χ3n) is 2.53. The Bertz CT molecular complexity index is 419. The molecule has 0 aromatic heterocycles. The smallest absolute Gasteiger partial charge is 0.0992 e. The van der Waals surface area contributed by atoms with Crippen LogP contribution in [0, 0.1) is 17.2 Å². The van der Waals surface area contributed by atoms with Gasteiger partial charge in [0.15, 0.2) is 0 Å². The van der Waals surface area contributed by atoms with Gasteiger partial charge in [-0.15, -0.1) is 0 Å². The van der Waals surface area contributed by atoms with Crippen molar-refractivity contribution < 1.29 is 0 Å². The molecule has 0 atom stereocenters. The fraction of sp³-hybridized carbons (Fsp3) is 0.500. The molecule has 2 nitrogen and oxygen atoms in total. The Morgan fingerprint density at radius 1 is 1.24 bits per heavy atom. The first-order chi connectivity index (χ1) is 7.93. The highest BCUT2D eigenvalue weighted by Gasteiger charge is 2.13. The predicted octanol–water partition coefficient (Wildman–Crippen LogP) is 4.19. The van der Waals surface area contributed by atoms with E-state index < -0.39 is 0 Å². The maximum atomic E-state index is 9.00. The summed E-state index contributed by atoms with van der Waals surface area (Å²) >= 11 is 3.46. The maximum absolute atomic E-state index is 9.00. The molecule has 1 aromatic carbocycles. The summed E-state index contributed by atoms with van der Waals surface area (Å²) in [4.78, 5) is 2.33. The number of benzene rings is 1. The first-order valence-electron chi connectivity index (χ1n) is 5.91. The molecule has 92 valence electrons. The van der Waals surface area contributed by atoms with Gasteiger partial charge in [-0.25, -0.2) is 0 Å². The van der Waals surface area contributed by atoms with E-state index in [1.165, 1.54) is 0 Å². The lowest BCUT2D eigenvalue weighted by molar-refractivity contribution is 0.571. The molecule has 17 heavy (non-hydrogen) atoms. The molecule has 0 aliphatic carbocycles. The normalized spacial score (nSPS) is 10.7. The minimum Gasteiger partial charge on any atom is -0.369 e. The highest BCUT2D eigenvalue weighted by atomic mass is 79.9. The highest BCUT2D eigenvalue weighted by molar-refractivity contribution is 9.10. The Morgan fingerprint density at radius 3 is 2.35 bits per heavy atom. The number of hydrogen-bond donors (Lipinski definition) is 0. The monoisotopic (exact) mass is 294 g/mol. The van der Waals surface area contributed by atoms with Gasteiger partial charge in [0.1, 0.15) is 0 Å². The number of halogens is 1. The quantitative estimate of drug-likeness (QED) is 0.832. The van der Waals surface area contributed by atoms with Gasteiger partial charge in [0.25, 0.3) is 0 Å². The standard InChI is InChI=1S/C14H19BrN2/c1-10(2)9-17(11(3)4)14-6-12(8-16)5-13(15)7-14/h5-7,10-11H,9H2,1-4H3. The van der Waals surface area contributed by atoms with Gasteiger partial charge in [-0.1, -0.05) is 29.8 Å². The van der Waals surface area contributed by atoms with Crippen molar-refractivity contribution in [1.29, 1.82) is 5.26 Å². The van der Waals surface area contributed by atoms with Crippen molar-refractivity contribution in [2.75, 3.05) is 11.4 Å². The van der Waals surface area contributed by atoms with Crippen molar-refractivity contribution in [1.82, 2.24) is 0 Å². The van der Waals surface area contributed by atoms with E-state index in [-0.39, 0.29) is 0 Å². The maximum Gasteiger partial charge on any atom is 0.0992 e. The molecule has 0 bridgehead atoms. The number of anilines is 1. The highest BCUT2D eigenvalue weighted by Crippen LogP contribution is 2.25. The van der Waals surface area contributed by atoms with Crippen LogP contribution in [0.15, 0.2) is 22.7 Å². The number of hydrogen-bond acceptors (Lipinski definition) is 2. The van der Waals surface area contributed by atoms with Gasteiger partial charge in [-0.3, -0.25) is 0 Å². The van der Waals surface area contributed by atoms with Gasteiger partial charge in [-0.2, -0.15) is 5.26 Å². The van der Waals surface area contributed by atoms with Crippen molar-refractivity contribution in [2.24, 2.45) is 5.92 Å². The molecule has 0 fully saturated rings. The van der Waals surface area contributed by atoms with Crippen molar-refractivity contribution in [2.45, 2.75) is 33.7 Å². The second-order valence-corrected chi connectivity index (χ2v) is 5.87. The van der Waals surface area contributed by atoms with Crippen LogP contribution in [0.1, 0.15) is 33.3 Å². The molecular weight excluding hydrogens is 276 g/mol. The van der Waals surface area contributed by atoms with Crippen LogP contribution in [-0.4, -0.2) is 12.6 Å². The van der Waals surface area contributed by atoms with Crippen LogP contribution in [0.4, 0.5) is 5.69 Å². The Labute approximate surface area is 112 Å². The molecule has 0 radical (unpaired) electrons. The fourth-order valence-corrected chi connectivity index (χ4v) is 2.29. The van der Waals surface area contributed by atoms with Crippen LogP contribution in [0.5, 0.6) is 0 Å². The summed E-state index contributed by atoms with van der Waals surface area (Å²) in [6.07, 6.45) is 0. The lowest BCUT2D eigenvalue weighted by Gasteiger charge is -2.31. The Morgan fingerprint density at radius 2 is 1.88 bits per heavy atom. The molecule has 0 aliphatic rings. The molecule has 1 aromatic rings. The summed E-state index contributed by atoms with van der Waals surface area (Å²) in [5.74, 6) is 0.599. The van der Waals surface area contributed by atoms with Crippen molar-refractivity contribution in [3.05, 3.63) is 28.2 Å². The van der Waals surface area contributed by atoms with Crippen LogP contribution in [-0.2, 0) is 0 Å². The van der Waals surface area contributed by atoms with E-state index in [0.717, 1.165) is 16.7 Å². The first-order valence-corrected chi connectivity index (χ1v) is 6.70. The summed E-state index contributed by atoms with van der Waals surface area (Å²) in [5.41, 5.74) is 1.81. The number of rotatable bonds is 4. The van der Waals surface area contributed by atoms with E-state index in [1.54, 1.807) is 0 Å². The SMILES string of the molecule is CC(C)CN(c1cc(Br)cc(C#N)c1)C(C)C. The molecule has 0 heterocycles. The lowest BCUT2D eigenvalue weighted by Crippen LogP contribution is -2.34. The minimum atomic E-state index is 0.429. The summed E-state index contributed by atoms with van der Waals surface area (Å²) < 4.78 is 0.959. The van der Waals surface area contributed by atoms with Crippen LogP contribution in [0.2, 0.25) is 0 Å². The van der Waals surface area contributed by atoms with E-state index in [2.05, 4.69) is 60.7 Å². The molecule has 0 amide bonds. The van der Waals surface area contributed by atoms with Crippen molar-refractivity contribution in [3.8, 4) is 6.07 Å². The van der Waals surface area contributed by atoms with E-state index >= 15 is 0 Å². The van der Waals surface area contributed by atoms with Crippen LogP contribution < -0.4 is 4.90 Å². The molecule has 1 rings (SSSR count). The molecule has 0 unspecified atom stereocenters. The minimum absolute atomic E-state index is 0.429. The molecule has 3 heteroatoms. The summed E-state index contributed by atoms with van der Waals surface area (Å²) in [6, 6.07) is 8.50. The molecule has 0 saturated carbocycles. The van der Waals surface area contributed by atoms with Gasteiger partial charge in [0.2, 0.25) is 0 Å². The summed E-state index contributed by atoms with van der Waals surface area (Å²) in [6.45, 7) is 9.76. The number of nitrogens with zero attached hydrogens (tertiary/aromatic N) is 2. The van der Waals surface area contributed by atoms with Crippen LogP contribution in [0.3, 0.4) is 0 Å². The largest absolute Gasteiger partial charge is 0.369 e. The van der Waals surface area contributed by atoms with Gasteiger partial charge in [-0.05, 0) is 38.0 Å². The molecule has 0 N–H and O–H groups in total. The average molecular weight is 295 g/mol. The Hall–Kier alpha value is -1.01. The van der Waals surface area contributed by atoms with Gasteiger partial charge < -0.3 is 4.90 Å². The van der Waals surface area contributed by atoms with Crippen LogP contribution >= 0.6 is 15.9 Å². The Kier molecular flexibility index (Phi) is 5.02. The van der Waals surface area contributed by atoms with E-state index in [4.69, 9.17) is 5.26 Å². The second kappa shape index (κ2) is 6.07. The second-order valence-electron chi connectivity index (χ2n) is 4.95. The van der Waals surface area contributed by atoms with Gasteiger partial charge in [0.05, 0.1) is 11.6 Å². The molecule has 0 saturated heterocycles. The van der Waals surface area contributed by atoms with Gasteiger partial charge in [0, 0.05) is 22.7 Å². The molecule has 0 aliphatic heterocycles. The van der Waals surface area contributed by atoms with Gasteiger partial charge >= 0.3 is 0 Å². The van der Waals surface area contributed by atoms with E-state index in [1.807, 2.05) is 12.1 Å². The molecular formula is C14H19BrN2. The first kappa shape index (κ1) is 14.1. The molecule has 0 spiro atoms. The third kappa shape index (κ3) is 4.05. The zero-order chi connectivity index (χ0) is 13.0. The topological polar surface area (TPSA) is 27.0 Å². The number of nitriles is 1. The lowest BCUT2D eigenvalue weighted by atomic mass is 10.1. The van der Waals surface area contributed by atoms with E-state index in [0.29, 0.717) is 17.5 Å². The van der Waals surface area contributed by atoms with E-state index in [9.17, 15) is 0 Å². The van der Waals surface area contributed by atoms with Crippen molar-refractivity contribution >= 4 is 21.6 Å². The third-order valence-corrected chi connectivity index (χ3v) is 2.99. The predicted molar refractivity (Wildman–Crippen MR) is 76.2 cm³/mol.